The minimum absolute atomic E-state index is 0.212. The smallest absolute Gasteiger partial charge is 0.348 e. The van der Waals surface area contributed by atoms with Crippen LogP contribution in [0.2, 0.25) is 5.15 Å². The zero-order valence-electron chi connectivity index (χ0n) is 10.7. The van der Waals surface area contributed by atoms with Gasteiger partial charge in [-0.1, -0.05) is 41.9 Å². The summed E-state index contributed by atoms with van der Waals surface area (Å²) < 4.78 is 0. The van der Waals surface area contributed by atoms with Crippen LogP contribution in [0.5, 0.6) is 0 Å². The van der Waals surface area contributed by atoms with Gasteiger partial charge in [-0.15, -0.1) is 11.3 Å². The van der Waals surface area contributed by atoms with Gasteiger partial charge in [0.1, 0.15) is 15.0 Å². The SMILES string of the molecule is O=C(O)c1sc(-c2ccnc(Cl)c2)nc1-c1ccccc1. The van der Waals surface area contributed by atoms with Crippen LogP contribution in [-0.4, -0.2) is 21.0 Å². The number of pyridine rings is 1. The fraction of sp³-hybridized carbons (Fsp3) is 0. The molecule has 2 aromatic heterocycles. The van der Waals surface area contributed by atoms with Crippen molar-refractivity contribution < 1.29 is 9.90 Å². The number of thiazole rings is 1. The van der Waals surface area contributed by atoms with Crippen LogP contribution in [0.15, 0.2) is 48.7 Å². The van der Waals surface area contributed by atoms with Crippen molar-refractivity contribution in [1.82, 2.24) is 9.97 Å². The Kier molecular flexibility index (Phi) is 3.68. The maximum atomic E-state index is 11.4. The third kappa shape index (κ3) is 2.79. The molecule has 0 aliphatic heterocycles. The first-order valence-electron chi connectivity index (χ1n) is 6.06. The van der Waals surface area contributed by atoms with Crippen molar-refractivity contribution in [2.24, 2.45) is 0 Å². The molecule has 0 aliphatic carbocycles. The normalized spacial score (nSPS) is 10.5. The molecule has 0 saturated heterocycles. The van der Waals surface area contributed by atoms with Crippen molar-refractivity contribution in [2.45, 2.75) is 0 Å². The van der Waals surface area contributed by atoms with Gasteiger partial charge in [0.05, 0.1) is 5.69 Å². The van der Waals surface area contributed by atoms with Crippen LogP contribution in [0, 0.1) is 0 Å². The molecule has 21 heavy (non-hydrogen) atoms. The molecule has 0 amide bonds. The predicted molar refractivity (Wildman–Crippen MR) is 82.8 cm³/mol. The lowest BCUT2D eigenvalue weighted by Gasteiger charge is -1.98. The number of nitrogens with zero attached hydrogens (tertiary/aromatic N) is 2. The molecular formula is C15H9ClN2O2S. The number of carbonyl (C=O) groups is 1. The molecule has 6 heteroatoms. The van der Waals surface area contributed by atoms with Gasteiger partial charge in [0.25, 0.3) is 0 Å². The molecule has 3 aromatic rings. The van der Waals surface area contributed by atoms with E-state index in [0.29, 0.717) is 15.9 Å². The standard InChI is InChI=1S/C15H9ClN2O2S/c16-11-8-10(6-7-17-11)14-18-12(13(21-14)15(19)20)9-4-2-1-3-5-9/h1-8H,(H,19,20). The number of hydrogen-bond acceptors (Lipinski definition) is 4. The van der Waals surface area contributed by atoms with Gasteiger partial charge in [-0.05, 0) is 12.1 Å². The molecule has 0 fully saturated rings. The first kappa shape index (κ1) is 13.7. The Labute approximate surface area is 129 Å². The zero-order chi connectivity index (χ0) is 14.8. The molecule has 2 heterocycles. The van der Waals surface area contributed by atoms with Gasteiger partial charge in [-0.3, -0.25) is 0 Å². The molecule has 0 saturated carbocycles. The second kappa shape index (κ2) is 5.63. The molecule has 1 N–H and O–H groups in total. The number of carboxylic acid groups (broad SMARTS) is 1. The molecular weight excluding hydrogens is 308 g/mol. The number of hydrogen-bond donors (Lipinski definition) is 1. The highest BCUT2D eigenvalue weighted by Crippen LogP contribution is 2.34. The van der Waals surface area contributed by atoms with Crippen LogP contribution in [-0.2, 0) is 0 Å². The summed E-state index contributed by atoms with van der Waals surface area (Å²) in [5, 5.41) is 10.3. The Morgan fingerprint density at radius 2 is 1.90 bits per heavy atom. The van der Waals surface area contributed by atoms with E-state index >= 15 is 0 Å². The van der Waals surface area contributed by atoms with E-state index in [1.54, 1.807) is 18.3 Å². The molecule has 0 bridgehead atoms. The van der Waals surface area contributed by atoms with Crippen LogP contribution >= 0.6 is 22.9 Å². The van der Waals surface area contributed by atoms with E-state index in [2.05, 4.69) is 9.97 Å². The Hall–Kier alpha value is -2.24. The quantitative estimate of drug-likeness (QED) is 0.735. The maximum Gasteiger partial charge on any atom is 0.348 e. The lowest BCUT2D eigenvalue weighted by molar-refractivity contribution is 0.0702. The number of carboxylic acids is 1. The fourth-order valence-electron chi connectivity index (χ4n) is 1.92. The van der Waals surface area contributed by atoms with Crippen LogP contribution in [0.1, 0.15) is 9.67 Å². The molecule has 0 radical (unpaired) electrons. The summed E-state index contributed by atoms with van der Waals surface area (Å²) in [4.78, 5) is 20.0. The Balaban J connectivity index is 2.15. The van der Waals surface area contributed by atoms with E-state index in [4.69, 9.17) is 11.6 Å². The summed E-state index contributed by atoms with van der Waals surface area (Å²) in [6.07, 6.45) is 1.57. The van der Waals surface area contributed by atoms with Gasteiger partial charge in [-0.25, -0.2) is 14.8 Å². The van der Waals surface area contributed by atoms with E-state index in [1.165, 1.54) is 0 Å². The van der Waals surface area contributed by atoms with Gasteiger partial charge in [-0.2, -0.15) is 0 Å². The Bertz CT molecular complexity index is 802. The van der Waals surface area contributed by atoms with Crippen molar-refractivity contribution in [3.05, 3.63) is 58.7 Å². The Morgan fingerprint density at radius 1 is 1.14 bits per heavy atom. The number of aromatic carboxylic acids is 1. The van der Waals surface area contributed by atoms with E-state index in [0.717, 1.165) is 22.5 Å². The third-order valence-corrected chi connectivity index (χ3v) is 4.14. The van der Waals surface area contributed by atoms with E-state index < -0.39 is 5.97 Å². The van der Waals surface area contributed by atoms with E-state index in [-0.39, 0.29) is 4.88 Å². The van der Waals surface area contributed by atoms with Crippen LogP contribution < -0.4 is 0 Å². The van der Waals surface area contributed by atoms with Crippen molar-refractivity contribution in [3.8, 4) is 21.8 Å². The molecule has 1 aromatic carbocycles. The highest BCUT2D eigenvalue weighted by atomic mass is 35.5. The topological polar surface area (TPSA) is 63.1 Å². The summed E-state index contributed by atoms with van der Waals surface area (Å²) in [5.74, 6) is -0.988. The number of halogens is 1. The lowest BCUT2D eigenvalue weighted by Crippen LogP contribution is -1.95. The molecule has 3 rings (SSSR count). The second-order valence-corrected chi connectivity index (χ2v) is 5.62. The molecule has 4 nitrogen and oxygen atoms in total. The summed E-state index contributed by atoms with van der Waals surface area (Å²) in [7, 11) is 0. The highest BCUT2D eigenvalue weighted by Gasteiger charge is 2.19. The monoisotopic (exact) mass is 316 g/mol. The van der Waals surface area contributed by atoms with E-state index in [1.807, 2.05) is 30.3 Å². The largest absolute Gasteiger partial charge is 0.477 e. The van der Waals surface area contributed by atoms with Crippen molar-refractivity contribution in [1.29, 1.82) is 0 Å². The van der Waals surface area contributed by atoms with Crippen molar-refractivity contribution in [3.63, 3.8) is 0 Å². The van der Waals surface area contributed by atoms with Crippen LogP contribution in [0.4, 0.5) is 0 Å². The van der Waals surface area contributed by atoms with Crippen molar-refractivity contribution >= 4 is 28.9 Å². The molecule has 104 valence electrons. The van der Waals surface area contributed by atoms with Gasteiger partial charge in [0.15, 0.2) is 0 Å². The van der Waals surface area contributed by atoms with Crippen LogP contribution in [0.25, 0.3) is 21.8 Å². The molecule has 0 spiro atoms. The summed E-state index contributed by atoms with van der Waals surface area (Å²) >= 11 is 7.00. The number of rotatable bonds is 3. The summed E-state index contributed by atoms with van der Waals surface area (Å²) in [6, 6.07) is 12.7. The first-order chi connectivity index (χ1) is 10.1. The van der Waals surface area contributed by atoms with Gasteiger partial charge >= 0.3 is 5.97 Å². The molecule has 0 atom stereocenters. The highest BCUT2D eigenvalue weighted by molar-refractivity contribution is 7.17. The van der Waals surface area contributed by atoms with Crippen molar-refractivity contribution in [2.75, 3.05) is 0 Å². The fourth-order valence-corrected chi connectivity index (χ4v) is 3.01. The molecule has 0 unspecified atom stereocenters. The van der Waals surface area contributed by atoms with Gasteiger partial charge < -0.3 is 5.11 Å². The second-order valence-electron chi connectivity index (χ2n) is 4.24. The summed E-state index contributed by atoms with van der Waals surface area (Å²) in [6.45, 7) is 0. The van der Waals surface area contributed by atoms with E-state index in [9.17, 15) is 9.90 Å². The predicted octanol–water partition coefficient (Wildman–Crippen LogP) is 4.22. The average molecular weight is 317 g/mol. The average Bonchev–Trinajstić information content (AvgIpc) is 2.93. The first-order valence-corrected chi connectivity index (χ1v) is 7.26. The third-order valence-electron chi connectivity index (χ3n) is 2.84. The minimum Gasteiger partial charge on any atom is -0.477 e. The Morgan fingerprint density at radius 3 is 2.57 bits per heavy atom. The number of benzene rings is 1. The summed E-state index contributed by atoms with van der Waals surface area (Å²) in [5.41, 5.74) is 2.00. The maximum absolute atomic E-state index is 11.4. The zero-order valence-corrected chi connectivity index (χ0v) is 12.2. The van der Waals surface area contributed by atoms with Gasteiger partial charge in [0.2, 0.25) is 0 Å². The lowest BCUT2D eigenvalue weighted by atomic mass is 10.1. The molecule has 0 aliphatic rings. The van der Waals surface area contributed by atoms with Gasteiger partial charge in [0, 0.05) is 17.3 Å². The van der Waals surface area contributed by atoms with Crippen LogP contribution in [0.3, 0.4) is 0 Å². The number of aromatic nitrogens is 2. The minimum atomic E-state index is -0.988.